The molecule has 11 nitrogen and oxygen atoms in total. The van der Waals surface area contributed by atoms with Gasteiger partial charge in [-0.25, -0.2) is 0 Å². The molecule has 0 spiro atoms. The number of carbonyl (C=O) groups is 6. The summed E-state index contributed by atoms with van der Waals surface area (Å²) in [6, 6.07) is 36.4. The Hall–Kier alpha value is -6.10. The normalized spacial score (nSPS) is 29.0. The molecule has 3 saturated carbocycles. The second-order valence-electron chi connectivity index (χ2n) is 17.1. The maximum Gasteiger partial charge on any atom is 0.253 e. The molecule has 5 aliphatic rings. The summed E-state index contributed by atoms with van der Waals surface area (Å²) in [6.07, 6.45) is 2.49. The molecule has 5 amide bonds. The maximum atomic E-state index is 14.0. The fourth-order valence-electron chi connectivity index (χ4n) is 9.41. The second-order valence-corrected chi connectivity index (χ2v) is 17.1. The largest absolute Gasteiger partial charge is 0.352 e. The molecule has 0 bridgehead atoms. The molecule has 2 saturated heterocycles. The van der Waals surface area contributed by atoms with Crippen molar-refractivity contribution in [2.24, 2.45) is 23.7 Å². The summed E-state index contributed by atoms with van der Waals surface area (Å²) in [4.78, 5) is 84.7. The Morgan fingerprint density at radius 2 is 0.712 bits per heavy atom. The minimum absolute atomic E-state index is 0.00709. The van der Waals surface area contributed by atoms with Crippen molar-refractivity contribution in [2.45, 2.75) is 62.1 Å². The van der Waals surface area contributed by atoms with Crippen LogP contribution in [0.25, 0.3) is 0 Å². The van der Waals surface area contributed by atoms with E-state index in [1.165, 1.54) is 12.5 Å². The quantitative estimate of drug-likeness (QED) is 0.190. The first-order chi connectivity index (χ1) is 28.6. The third-order valence-electron chi connectivity index (χ3n) is 13.2. The first kappa shape index (κ1) is 38.4. The van der Waals surface area contributed by atoms with Gasteiger partial charge in [0, 0.05) is 79.1 Å². The number of rotatable bonds is 12. The third-order valence-corrected chi connectivity index (χ3v) is 13.2. The predicted molar refractivity (Wildman–Crippen MR) is 220 cm³/mol. The van der Waals surface area contributed by atoms with Crippen LogP contribution in [0.15, 0.2) is 115 Å². The van der Waals surface area contributed by atoms with Crippen molar-refractivity contribution < 1.29 is 28.8 Å². The highest BCUT2D eigenvalue weighted by Crippen LogP contribution is 2.43. The number of hydrogen-bond donors (Lipinski definition) is 3. The summed E-state index contributed by atoms with van der Waals surface area (Å²) in [6.45, 7) is 1.91. The molecule has 9 rings (SSSR count). The van der Waals surface area contributed by atoms with Gasteiger partial charge in [-0.2, -0.15) is 0 Å². The van der Waals surface area contributed by atoms with E-state index < -0.39 is 23.7 Å². The fourth-order valence-corrected chi connectivity index (χ4v) is 9.41. The van der Waals surface area contributed by atoms with E-state index in [9.17, 15) is 28.8 Å². The average molecular weight is 792 g/mol. The molecule has 0 radical (unpaired) electrons. The van der Waals surface area contributed by atoms with Gasteiger partial charge in [-0.15, -0.1) is 0 Å². The van der Waals surface area contributed by atoms with Crippen LogP contribution in [0.5, 0.6) is 0 Å². The number of carbonyl (C=O) groups excluding carboxylic acids is 6. The van der Waals surface area contributed by atoms with Gasteiger partial charge in [-0.1, -0.05) is 91.0 Å². The Labute approximate surface area is 343 Å². The van der Waals surface area contributed by atoms with E-state index in [1.807, 2.05) is 66.7 Å². The second kappa shape index (κ2) is 15.9. The molecule has 59 heavy (non-hydrogen) atoms. The number of hydrogen-bond acceptors (Lipinski definition) is 6. The minimum atomic E-state index is -0.718. The standard InChI is InChI=1S/C48H49N5O6/c1-28(54)37-24-52(25-38(37)44(55)49-41-21-34(41)29-11-5-2-6-12-29)47(58)32-17-19-33(20-18-32)48(59)53-26-39(45(56)50-42-22-35(42)30-13-7-3-8-14-30)40(27-53)46(57)51-43-23-36(43)31-15-9-4-10-16-31/h2-20,34-43H,21-27H2,1H3,(H,49,55)(H,50,56)(H,51,57)/t34-,35-,36-,37+,38-,39-,40-,41+,42+,43+/m1/s1. The Morgan fingerprint density at radius 1 is 0.424 bits per heavy atom. The van der Waals surface area contributed by atoms with Gasteiger partial charge in [-0.05, 0) is 67.1 Å². The van der Waals surface area contributed by atoms with Crippen molar-refractivity contribution in [3.63, 3.8) is 0 Å². The molecule has 11 heteroatoms. The summed E-state index contributed by atoms with van der Waals surface area (Å²) < 4.78 is 0. The molecular formula is C48H49N5O6. The van der Waals surface area contributed by atoms with Crippen LogP contribution in [0.1, 0.15) is 81.3 Å². The van der Waals surface area contributed by atoms with Gasteiger partial charge >= 0.3 is 0 Å². The van der Waals surface area contributed by atoms with Gasteiger partial charge in [0.05, 0.1) is 17.8 Å². The average Bonchev–Trinajstić information content (AvgIpc) is 4.23. The Morgan fingerprint density at radius 3 is 1.02 bits per heavy atom. The summed E-state index contributed by atoms with van der Waals surface area (Å²) in [5, 5.41) is 9.46. The predicted octanol–water partition coefficient (Wildman–Crippen LogP) is 4.67. The summed E-state index contributed by atoms with van der Waals surface area (Å²) in [5.41, 5.74) is 4.16. The van der Waals surface area contributed by atoms with Crippen molar-refractivity contribution in [1.82, 2.24) is 25.8 Å². The van der Waals surface area contributed by atoms with Crippen LogP contribution in [-0.2, 0) is 19.2 Å². The SMILES string of the molecule is CC(=O)[C@@H]1CN(C(=O)c2ccc(C(=O)N3C[C@@H](C(=O)N[C@H]4C[C@@H]4c4ccccc4)[C@H](C(=O)N[C@H]4C[C@@H]4c4ccccc4)C3)cc2)C[C@H]1C(=O)N[C@H]1C[C@@H]1c1ccccc1. The molecule has 10 atom stereocenters. The number of benzene rings is 4. The van der Waals surface area contributed by atoms with E-state index in [1.54, 1.807) is 34.1 Å². The van der Waals surface area contributed by atoms with Gasteiger partial charge < -0.3 is 25.8 Å². The van der Waals surface area contributed by atoms with Gasteiger partial charge in [0.25, 0.3) is 11.8 Å². The van der Waals surface area contributed by atoms with Crippen LogP contribution in [0.4, 0.5) is 0 Å². The molecular weight excluding hydrogens is 743 g/mol. The molecule has 5 fully saturated rings. The first-order valence-corrected chi connectivity index (χ1v) is 20.9. The van der Waals surface area contributed by atoms with E-state index in [2.05, 4.69) is 40.2 Å². The lowest BCUT2D eigenvalue weighted by Crippen LogP contribution is -2.43. The zero-order chi connectivity index (χ0) is 40.8. The van der Waals surface area contributed by atoms with E-state index in [4.69, 9.17) is 0 Å². The number of ketones is 1. The van der Waals surface area contributed by atoms with E-state index in [0.717, 1.165) is 30.4 Å². The lowest BCUT2D eigenvalue weighted by Gasteiger charge is -2.18. The minimum Gasteiger partial charge on any atom is -0.352 e. The highest BCUT2D eigenvalue weighted by atomic mass is 16.2. The molecule has 0 unspecified atom stereocenters. The molecule has 2 aliphatic heterocycles. The molecule has 302 valence electrons. The van der Waals surface area contributed by atoms with E-state index in [0.29, 0.717) is 11.1 Å². The lowest BCUT2D eigenvalue weighted by atomic mass is 9.92. The molecule has 3 N–H and O–H groups in total. The van der Waals surface area contributed by atoms with Crippen molar-refractivity contribution in [3.8, 4) is 0 Å². The van der Waals surface area contributed by atoms with Crippen LogP contribution in [-0.4, -0.2) is 89.4 Å². The lowest BCUT2D eigenvalue weighted by molar-refractivity contribution is -0.133. The Bertz CT molecular complexity index is 2180. The van der Waals surface area contributed by atoms with E-state index >= 15 is 0 Å². The van der Waals surface area contributed by atoms with Crippen LogP contribution in [0, 0.1) is 23.7 Å². The highest BCUT2D eigenvalue weighted by Gasteiger charge is 2.49. The first-order valence-electron chi connectivity index (χ1n) is 20.9. The molecule has 0 aromatic heterocycles. The molecule has 4 aromatic carbocycles. The zero-order valence-corrected chi connectivity index (χ0v) is 33.0. The van der Waals surface area contributed by atoms with Crippen molar-refractivity contribution in [3.05, 3.63) is 143 Å². The van der Waals surface area contributed by atoms with Crippen LogP contribution < -0.4 is 16.0 Å². The van der Waals surface area contributed by atoms with Crippen molar-refractivity contribution >= 4 is 35.3 Å². The fraction of sp³-hybridized carbons (Fsp3) is 0.375. The van der Waals surface area contributed by atoms with Gasteiger partial charge in [0.2, 0.25) is 17.7 Å². The van der Waals surface area contributed by atoms with Gasteiger partial charge in [0.1, 0.15) is 5.78 Å². The van der Waals surface area contributed by atoms with Crippen LogP contribution in [0.2, 0.25) is 0 Å². The van der Waals surface area contributed by atoms with Crippen LogP contribution >= 0.6 is 0 Å². The molecule has 2 heterocycles. The number of amides is 5. The van der Waals surface area contributed by atoms with Gasteiger partial charge in [0.15, 0.2) is 0 Å². The number of nitrogens with one attached hydrogen (secondary N) is 3. The molecule has 3 aliphatic carbocycles. The number of nitrogens with zero attached hydrogens (tertiary/aromatic N) is 2. The smallest absolute Gasteiger partial charge is 0.253 e. The molecule has 4 aromatic rings. The number of likely N-dealkylation sites (tertiary alicyclic amines) is 2. The summed E-state index contributed by atoms with van der Waals surface area (Å²) in [7, 11) is 0. The van der Waals surface area contributed by atoms with Crippen molar-refractivity contribution in [1.29, 1.82) is 0 Å². The third kappa shape index (κ3) is 8.15. The Kier molecular flexibility index (Phi) is 10.4. The van der Waals surface area contributed by atoms with E-state index in [-0.39, 0.29) is 97.4 Å². The van der Waals surface area contributed by atoms with Gasteiger partial charge in [-0.3, -0.25) is 28.8 Å². The topological polar surface area (TPSA) is 145 Å². The zero-order valence-electron chi connectivity index (χ0n) is 33.0. The Balaban J connectivity index is 0.842. The summed E-state index contributed by atoms with van der Waals surface area (Å²) in [5.74, 6) is -3.46. The highest BCUT2D eigenvalue weighted by molar-refractivity contribution is 6.00. The maximum absolute atomic E-state index is 14.0. The van der Waals surface area contributed by atoms with Crippen molar-refractivity contribution in [2.75, 3.05) is 26.2 Å². The summed E-state index contributed by atoms with van der Waals surface area (Å²) >= 11 is 0. The number of Topliss-reactive ketones (excluding diaryl/α,β-unsaturated/α-hetero) is 1. The monoisotopic (exact) mass is 791 g/mol. The van der Waals surface area contributed by atoms with Crippen LogP contribution in [0.3, 0.4) is 0 Å².